The van der Waals surface area contributed by atoms with Crippen LogP contribution >= 0.6 is 0 Å². The van der Waals surface area contributed by atoms with Crippen LogP contribution in [-0.2, 0) is 0 Å². The summed E-state index contributed by atoms with van der Waals surface area (Å²) in [6.07, 6.45) is 6.27. The highest BCUT2D eigenvalue weighted by molar-refractivity contribution is 5.68. The number of phenols is 1. The molecule has 29 heavy (non-hydrogen) atoms. The van der Waals surface area contributed by atoms with Gasteiger partial charge >= 0.3 is 0 Å². The fourth-order valence-electron chi connectivity index (χ4n) is 4.35. The van der Waals surface area contributed by atoms with Gasteiger partial charge in [0.1, 0.15) is 11.9 Å². The predicted octanol–water partition coefficient (Wildman–Crippen LogP) is 2.59. The van der Waals surface area contributed by atoms with Crippen LogP contribution in [0.4, 0.5) is 5.69 Å². The Morgan fingerprint density at radius 1 is 1.14 bits per heavy atom. The van der Waals surface area contributed by atoms with Crippen molar-refractivity contribution in [2.24, 2.45) is 0 Å². The maximum absolute atomic E-state index is 10.5. The van der Waals surface area contributed by atoms with Crippen LogP contribution in [0.3, 0.4) is 0 Å². The summed E-state index contributed by atoms with van der Waals surface area (Å²) >= 11 is 0. The van der Waals surface area contributed by atoms with Crippen molar-refractivity contribution < 1.29 is 9.84 Å². The molecule has 0 saturated carbocycles. The van der Waals surface area contributed by atoms with Gasteiger partial charge in [-0.25, -0.2) is 4.68 Å². The largest absolute Gasteiger partial charge is 0.507 e. The normalized spacial score (nSPS) is 23.3. The first-order chi connectivity index (χ1) is 14.1. The van der Waals surface area contributed by atoms with Gasteiger partial charge in [0.25, 0.3) is 0 Å². The monoisotopic (exact) mass is 392 g/mol. The molecule has 4 N–H and O–H groups in total. The Morgan fingerprint density at radius 3 is 2.55 bits per heavy atom. The number of nitrogen functional groups attached to an aromatic ring is 1. The fourth-order valence-corrected chi connectivity index (χ4v) is 4.35. The summed E-state index contributed by atoms with van der Waals surface area (Å²) in [6.45, 7) is 1.88. The third kappa shape index (κ3) is 3.40. The quantitative estimate of drug-likeness (QED) is 0.626. The molecule has 0 aliphatic carbocycles. The van der Waals surface area contributed by atoms with Crippen molar-refractivity contribution in [1.29, 1.82) is 0 Å². The van der Waals surface area contributed by atoms with Crippen LogP contribution in [0.5, 0.6) is 11.6 Å². The number of benzene rings is 1. The van der Waals surface area contributed by atoms with Gasteiger partial charge in [0.05, 0.1) is 29.0 Å². The Morgan fingerprint density at radius 2 is 1.93 bits per heavy atom. The number of phenolic OH excluding ortho intramolecular Hbond substituents is 1. The van der Waals surface area contributed by atoms with Gasteiger partial charge in [0, 0.05) is 29.8 Å². The summed E-state index contributed by atoms with van der Waals surface area (Å²) in [7, 11) is 0. The van der Waals surface area contributed by atoms with Gasteiger partial charge in [0.15, 0.2) is 0 Å². The van der Waals surface area contributed by atoms with Crippen LogP contribution < -0.4 is 15.8 Å². The molecule has 2 saturated heterocycles. The van der Waals surface area contributed by atoms with E-state index in [0.29, 0.717) is 34.9 Å². The molecule has 4 heterocycles. The van der Waals surface area contributed by atoms with Crippen molar-refractivity contribution in [3.05, 3.63) is 42.2 Å². The average molecular weight is 392 g/mol. The molecule has 1 aromatic carbocycles. The number of aromatic hydroxyl groups is 1. The van der Waals surface area contributed by atoms with Gasteiger partial charge in [-0.2, -0.15) is 5.10 Å². The van der Waals surface area contributed by atoms with Crippen LogP contribution in [0.25, 0.3) is 16.9 Å². The van der Waals surface area contributed by atoms with Crippen molar-refractivity contribution in [1.82, 2.24) is 25.3 Å². The molecular formula is C21H24N6O2. The maximum Gasteiger partial charge on any atom is 0.233 e. The second-order valence-electron chi connectivity index (χ2n) is 7.90. The highest BCUT2D eigenvalue weighted by Gasteiger charge is 2.34. The summed E-state index contributed by atoms with van der Waals surface area (Å²) in [6, 6.07) is 10.1. The van der Waals surface area contributed by atoms with E-state index in [0.717, 1.165) is 24.2 Å². The molecule has 2 fully saturated rings. The molecule has 3 aromatic rings. The number of ether oxygens (including phenoxy) is 1. The van der Waals surface area contributed by atoms with Crippen molar-refractivity contribution >= 4 is 5.69 Å². The minimum Gasteiger partial charge on any atom is -0.507 e. The zero-order valence-corrected chi connectivity index (χ0v) is 16.2. The summed E-state index contributed by atoms with van der Waals surface area (Å²) in [5.74, 6) is 0.632. The van der Waals surface area contributed by atoms with E-state index in [2.05, 4.69) is 20.6 Å². The second-order valence-corrected chi connectivity index (χ2v) is 7.90. The highest BCUT2D eigenvalue weighted by atomic mass is 16.5. The van der Waals surface area contributed by atoms with E-state index in [-0.39, 0.29) is 11.9 Å². The number of nitrogens with one attached hydrogen (secondary N) is 1. The molecule has 1 unspecified atom stereocenters. The third-order valence-corrected chi connectivity index (χ3v) is 5.91. The fraction of sp³-hybridized carbons (Fsp3) is 0.381. The van der Waals surface area contributed by atoms with Crippen molar-refractivity contribution in [2.45, 2.75) is 50.8 Å². The summed E-state index contributed by atoms with van der Waals surface area (Å²) < 4.78 is 7.74. The van der Waals surface area contributed by atoms with Gasteiger partial charge < -0.3 is 20.9 Å². The highest BCUT2D eigenvalue weighted by Crippen LogP contribution is 2.32. The van der Waals surface area contributed by atoms with Crippen LogP contribution in [0.2, 0.25) is 0 Å². The van der Waals surface area contributed by atoms with Crippen LogP contribution in [0, 0.1) is 6.92 Å². The second kappa shape index (κ2) is 7.04. The first kappa shape index (κ1) is 17.9. The Labute approximate surface area is 168 Å². The van der Waals surface area contributed by atoms with E-state index in [1.165, 1.54) is 12.8 Å². The lowest BCUT2D eigenvalue weighted by atomic mass is 10.0. The number of anilines is 1. The molecule has 0 amide bonds. The summed E-state index contributed by atoms with van der Waals surface area (Å²) in [4.78, 5) is 0. The SMILES string of the molecule is Cc1c(N)cnn1-c1ccc(-c2ccc(OC3C[C@H]4CC[C@@H](C3)N4)nn2)c(O)c1. The molecular weight excluding hydrogens is 368 g/mol. The predicted molar refractivity (Wildman–Crippen MR) is 109 cm³/mol. The molecule has 8 heteroatoms. The zero-order valence-electron chi connectivity index (χ0n) is 16.2. The molecule has 3 atom stereocenters. The van der Waals surface area contributed by atoms with E-state index in [4.69, 9.17) is 10.5 Å². The third-order valence-electron chi connectivity index (χ3n) is 5.91. The molecule has 8 nitrogen and oxygen atoms in total. The summed E-state index contributed by atoms with van der Waals surface area (Å²) in [5.41, 5.74) is 9.21. The Hall–Kier alpha value is -3.13. The molecule has 2 aromatic heterocycles. The van der Waals surface area contributed by atoms with Gasteiger partial charge in [-0.1, -0.05) is 0 Å². The molecule has 2 aliphatic rings. The molecule has 2 bridgehead atoms. The Balaban J connectivity index is 1.32. The first-order valence-corrected chi connectivity index (χ1v) is 9.97. The van der Waals surface area contributed by atoms with Crippen LogP contribution in [0.15, 0.2) is 36.5 Å². The lowest BCUT2D eigenvalue weighted by Gasteiger charge is -2.28. The number of fused-ring (bicyclic) bond motifs is 2. The average Bonchev–Trinajstić information content (AvgIpc) is 3.23. The molecule has 2 aliphatic heterocycles. The van der Waals surface area contributed by atoms with E-state index in [1.54, 1.807) is 23.0 Å². The van der Waals surface area contributed by atoms with Crippen LogP contribution in [-0.4, -0.2) is 43.3 Å². The number of nitrogens with zero attached hydrogens (tertiary/aromatic N) is 4. The minimum absolute atomic E-state index is 0.105. The van der Waals surface area contributed by atoms with Crippen molar-refractivity contribution in [3.8, 4) is 28.6 Å². The van der Waals surface area contributed by atoms with Crippen molar-refractivity contribution in [3.63, 3.8) is 0 Å². The van der Waals surface area contributed by atoms with E-state index >= 15 is 0 Å². The lowest BCUT2D eigenvalue weighted by molar-refractivity contribution is 0.130. The number of hydrogen-bond donors (Lipinski definition) is 3. The van der Waals surface area contributed by atoms with E-state index in [9.17, 15) is 5.11 Å². The maximum atomic E-state index is 10.5. The minimum atomic E-state index is 0.105. The topological polar surface area (TPSA) is 111 Å². The van der Waals surface area contributed by atoms with Crippen molar-refractivity contribution in [2.75, 3.05) is 5.73 Å². The van der Waals surface area contributed by atoms with E-state index in [1.807, 2.05) is 25.1 Å². The first-order valence-electron chi connectivity index (χ1n) is 9.97. The van der Waals surface area contributed by atoms with Crippen LogP contribution in [0.1, 0.15) is 31.4 Å². The molecule has 0 radical (unpaired) electrons. The number of nitrogens with two attached hydrogens (primary N) is 1. The Bertz CT molecular complexity index is 1020. The van der Waals surface area contributed by atoms with Gasteiger partial charge in [-0.15, -0.1) is 10.2 Å². The molecule has 0 spiro atoms. The number of piperidine rings is 1. The zero-order chi connectivity index (χ0) is 20.0. The smallest absolute Gasteiger partial charge is 0.233 e. The molecule has 5 rings (SSSR count). The number of hydrogen-bond acceptors (Lipinski definition) is 7. The summed E-state index contributed by atoms with van der Waals surface area (Å²) in [5, 5.41) is 26.9. The van der Waals surface area contributed by atoms with E-state index < -0.39 is 0 Å². The number of aromatic nitrogens is 4. The number of rotatable bonds is 4. The molecule has 150 valence electrons. The van der Waals surface area contributed by atoms with Gasteiger partial charge in [0.2, 0.25) is 5.88 Å². The standard InChI is InChI=1S/C21H24N6O2/c1-12-18(22)11-23-27(12)15-4-5-17(20(28)10-15)19-6-7-21(26-25-19)29-16-8-13-2-3-14(9-16)24-13/h4-7,10-11,13-14,16,24,28H,2-3,8-9,22H2,1H3/t13-,14+,16?. The van der Waals surface area contributed by atoms with Gasteiger partial charge in [-0.3, -0.25) is 0 Å². The Kier molecular flexibility index (Phi) is 4.35. The lowest BCUT2D eigenvalue weighted by Crippen LogP contribution is -2.42. The van der Waals surface area contributed by atoms with Gasteiger partial charge in [-0.05, 0) is 50.8 Å².